The Bertz CT molecular complexity index is 2080. The topological polar surface area (TPSA) is 184 Å². The van der Waals surface area contributed by atoms with Gasteiger partial charge in [-0.15, -0.1) is 0 Å². The van der Waals surface area contributed by atoms with Crippen LogP contribution >= 0.6 is 0 Å². The van der Waals surface area contributed by atoms with Gasteiger partial charge in [-0.1, -0.05) is 24.3 Å². The van der Waals surface area contributed by atoms with Crippen LogP contribution in [0, 0.1) is 0 Å². The molecule has 0 bridgehead atoms. The zero-order chi connectivity index (χ0) is 37.6. The molecule has 4 aromatic rings. The molecule has 3 amide bonds. The number of aromatic nitrogens is 3. The van der Waals surface area contributed by atoms with Gasteiger partial charge in [0.05, 0.1) is 37.6 Å². The van der Waals surface area contributed by atoms with E-state index >= 15 is 0 Å². The van der Waals surface area contributed by atoms with Crippen molar-refractivity contribution in [3.8, 4) is 22.6 Å². The molecule has 276 valence electrons. The Morgan fingerprint density at radius 2 is 1.77 bits per heavy atom. The van der Waals surface area contributed by atoms with Crippen LogP contribution in [-0.2, 0) is 23.6 Å². The lowest BCUT2D eigenvalue weighted by molar-refractivity contribution is -0.116. The van der Waals surface area contributed by atoms with Crippen LogP contribution in [0.25, 0.3) is 11.1 Å². The van der Waals surface area contributed by atoms with Crippen molar-refractivity contribution >= 4 is 47.1 Å². The summed E-state index contributed by atoms with van der Waals surface area (Å²) in [6.07, 6.45) is 6.95. The number of hydrogen-bond donors (Lipinski definition) is 3. The summed E-state index contributed by atoms with van der Waals surface area (Å²) in [4.78, 5) is 62.0. The lowest BCUT2D eigenvalue weighted by Gasteiger charge is -2.20. The van der Waals surface area contributed by atoms with E-state index in [4.69, 9.17) is 19.9 Å². The van der Waals surface area contributed by atoms with E-state index in [0.29, 0.717) is 66.5 Å². The normalized spacial score (nSPS) is 14.7. The summed E-state index contributed by atoms with van der Waals surface area (Å²) in [5.74, 6) is -0.148. The standard InChI is InChI=1S/C38H42N8O7/c1-23-15-27-19-40-29-18-32(31(51-4)17-28(29)37(49)46(27)20-23)52-13-5-7-34(47)42-33-22-45(3)35(43-33)36(48)41-26-10-8-24(9-11-26)25-16-30(44(2)21-25)38(50)53-14-6-12-39/h8-11,16-19,21-22,27H,1,5-7,12-15,20,39H2,2-4H3,(H,41,48)(H,42,47)/t27-/m0/s1. The number of nitrogens with two attached hydrogens (primary N) is 1. The van der Waals surface area contributed by atoms with Crippen molar-refractivity contribution in [2.75, 3.05) is 44.0 Å². The molecule has 1 saturated heterocycles. The number of aryl methyl sites for hydroxylation is 2. The second kappa shape index (κ2) is 16.0. The molecule has 2 aliphatic rings. The summed E-state index contributed by atoms with van der Waals surface area (Å²) in [5.41, 5.74) is 10.0. The summed E-state index contributed by atoms with van der Waals surface area (Å²) < 4.78 is 19.9. The lowest BCUT2D eigenvalue weighted by Crippen LogP contribution is -2.35. The van der Waals surface area contributed by atoms with Crippen LogP contribution in [0.3, 0.4) is 0 Å². The van der Waals surface area contributed by atoms with Crippen molar-refractivity contribution in [1.82, 2.24) is 19.0 Å². The number of carbonyl (C=O) groups is 4. The number of fused-ring (bicyclic) bond motifs is 2. The number of methoxy groups -OCH3 is 1. The molecular weight excluding hydrogens is 680 g/mol. The zero-order valence-corrected chi connectivity index (χ0v) is 29.9. The van der Waals surface area contributed by atoms with E-state index in [9.17, 15) is 19.2 Å². The Kier molecular flexibility index (Phi) is 11.0. The Balaban J connectivity index is 0.991. The van der Waals surface area contributed by atoms with Crippen LogP contribution < -0.4 is 25.8 Å². The van der Waals surface area contributed by atoms with E-state index in [1.807, 2.05) is 18.3 Å². The van der Waals surface area contributed by atoms with Gasteiger partial charge in [0.15, 0.2) is 17.3 Å². The summed E-state index contributed by atoms with van der Waals surface area (Å²) in [6.45, 7) is 5.42. The quantitative estimate of drug-likeness (QED) is 0.0960. The fourth-order valence-corrected chi connectivity index (χ4v) is 6.14. The number of nitrogens with zero attached hydrogens (tertiary/aromatic N) is 5. The van der Waals surface area contributed by atoms with E-state index in [-0.39, 0.29) is 49.1 Å². The van der Waals surface area contributed by atoms with E-state index in [1.54, 1.807) is 66.3 Å². The summed E-state index contributed by atoms with van der Waals surface area (Å²) in [7, 11) is 4.93. The zero-order valence-electron chi connectivity index (χ0n) is 29.9. The smallest absolute Gasteiger partial charge is 0.354 e. The van der Waals surface area contributed by atoms with E-state index in [1.165, 1.54) is 11.7 Å². The lowest BCUT2D eigenvalue weighted by atomic mass is 10.1. The third-order valence-corrected chi connectivity index (χ3v) is 8.88. The predicted molar refractivity (Wildman–Crippen MR) is 199 cm³/mol. The number of carbonyl (C=O) groups excluding carboxylic acids is 4. The van der Waals surface area contributed by atoms with Gasteiger partial charge in [0.2, 0.25) is 11.7 Å². The van der Waals surface area contributed by atoms with Gasteiger partial charge in [-0.2, -0.15) is 0 Å². The van der Waals surface area contributed by atoms with Crippen LogP contribution in [0.4, 0.5) is 17.2 Å². The highest BCUT2D eigenvalue weighted by Gasteiger charge is 2.34. The number of imidazole rings is 1. The highest BCUT2D eigenvalue weighted by molar-refractivity contribution is 6.04. The molecule has 6 rings (SSSR count). The fourth-order valence-electron chi connectivity index (χ4n) is 6.14. The molecule has 4 N–H and O–H groups in total. The van der Waals surface area contributed by atoms with Crippen LogP contribution in [-0.4, -0.2) is 88.4 Å². The number of anilines is 2. The summed E-state index contributed by atoms with van der Waals surface area (Å²) in [5, 5.41) is 5.56. The number of ether oxygens (including phenoxy) is 3. The number of nitrogens with one attached hydrogen (secondary N) is 2. The number of aliphatic imine (C=N–C) groups is 1. The Labute approximate surface area is 306 Å². The van der Waals surface area contributed by atoms with Gasteiger partial charge in [-0.25, -0.2) is 9.78 Å². The van der Waals surface area contributed by atoms with Crippen LogP contribution in [0.5, 0.6) is 11.5 Å². The Morgan fingerprint density at radius 3 is 2.53 bits per heavy atom. The molecule has 15 nitrogen and oxygen atoms in total. The number of rotatable bonds is 14. The highest BCUT2D eigenvalue weighted by Crippen LogP contribution is 2.38. The van der Waals surface area contributed by atoms with Gasteiger partial charge in [-0.05, 0) is 55.6 Å². The molecule has 0 radical (unpaired) electrons. The summed E-state index contributed by atoms with van der Waals surface area (Å²) in [6, 6.07) is 12.1. The van der Waals surface area contributed by atoms with Crippen LogP contribution in [0.1, 0.15) is 57.1 Å². The van der Waals surface area contributed by atoms with Crippen molar-refractivity contribution < 1.29 is 33.4 Å². The number of benzene rings is 2. The highest BCUT2D eigenvalue weighted by atomic mass is 16.5. The van der Waals surface area contributed by atoms with Crippen molar-refractivity contribution in [2.45, 2.75) is 31.7 Å². The van der Waals surface area contributed by atoms with Gasteiger partial charge in [-0.3, -0.25) is 19.4 Å². The third-order valence-electron chi connectivity index (χ3n) is 8.88. The van der Waals surface area contributed by atoms with E-state index in [2.05, 4.69) is 27.2 Å². The molecular formula is C38H42N8O7. The van der Waals surface area contributed by atoms with Gasteiger partial charge < -0.3 is 44.6 Å². The first-order valence-electron chi connectivity index (χ1n) is 17.2. The van der Waals surface area contributed by atoms with Gasteiger partial charge in [0.1, 0.15) is 5.69 Å². The first-order valence-corrected chi connectivity index (χ1v) is 17.2. The molecule has 0 saturated carbocycles. The van der Waals surface area contributed by atoms with Crippen molar-refractivity contribution in [2.24, 2.45) is 24.8 Å². The first-order chi connectivity index (χ1) is 25.5. The largest absolute Gasteiger partial charge is 0.493 e. The molecule has 4 heterocycles. The summed E-state index contributed by atoms with van der Waals surface area (Å²) >= 11 is 0. The van der Waals surface area contributed by atoms with E-state index < -0.39 is 11.9 Å². The second-order valence-electron chi connectivity index (χ2n) is 12.8. The third kappa shape index (κ3) is 8.31. The second-order valence-corrected chi connectivity index (χ2v) is 12.8. The molecule has 0 aliphatic carbocycles. The predicted octanol–water partition coefficient (Wildman–Crippen LogP) is 4.48. The molecule has 2 aromatic heterocycles. The number of amides is 3. The first kappa shape index (κ1) is 36.6. The number of esters is 1. The van der Waals surface area contributed by atoms with Crippen molar-refractivity contribution in [3.05, 3.63) is 84.1 Å². The Hall–Kier alpha value is -6.22. The maximum atomic E-state index is 13.2. The minimum Gasteiger partial charge on any atom is -0.493 e. The average Bonchev–Trinajstić information content (AvgIpc) is 3.82. The molecule has 2 aromatic carbocycles. The van der Waals surface area contributed by atoms with Gasteiger partial charge in [0.25, 0.3) is 11.8 Å². The van der Waals surface area contributed by atoms with E-state index in [0.717, 1.165) is 16.7 Å². The maximum Gasteiger partial charge on any atom is 0.354 e. The molecule has 15 heteroatoms. The average molecular weight is 723 g/mol. The minimum atomic E-state index is -0.456. The van der Waals surface area contributed by atoms with Gasteiger partial charge >= 0.3 is 5.97 Å². The molecule has 53 heavy (non-hydrogen) atoms. The van der Waals surface area contributed by atoms with Crippen molar-refractivity contribution in [3.63, 3.8) is 0 Å². The molecule has 1 fully saturated rings. The SMILES string of the molecule is C=C1C[C@H]2C=Nc3cc(OCCCC(=O)Nc4cn(C)c(C(=O)Nc5ccc(-c6cc(C(=O)OCCCN)n(C)c6)cc5)n4)c(OC)cc3C(=O)N2C1. The maximum absolute atomic E-state index is 13.2. The molecule has 0 unspecified atom stereocenters. The molecule has 1 atom stereocenters. The monoisotopic (exact) mass is 722 g/mol. The fraction of sp³-hybridized carbons (Fsp3) is 0.316. The van der Waals surface area contributed by atoms with Crippen molar-refractivity contribution in [1.29, 1.82) is 0 Å². The van der Waals surface area contributed by atoms with Gasteiger partial charge in [0, 0.05) is 63.0 Å². The molecule has 0 spiro atoms. The molecule has 2 aliphatic heterocycles. The van der Waals surface area contributed by atoms with Crippen LogP contribution in [0.2, 0.25) is 0 Å². The number of hydrogen-bond acceptors (Lipinski definition) is 10. The minimum absolute atomic E-state index is 0.107. The van der Waals surface area contributed by atoms with Crippen LogP contribution in [0.15, 0.2) is 72.0 Å². The Morgan fingerprint density at radius 1 is 0.981 bits per heavy atom.